The molecular weight excluding hydrogens is 290 g/mol. The Labute approximate surface area is 127 Å². The summed E-state index contributed by atoms with van der Waals surface area (Å²) in [6, 6.07) is 4.49. The highest BCUT2D eigenvalue weighted by atomic mass is 32.2. The summed E-state index contributed by atoms with van der Waals surface area (Å²) in [5.41, 5.74) is 5.45. The van der Waals surface area contributed by atoms with Gasteiger partial charge in [0.05, 0.1) is 4.92 Å². The van der Waals surface area contributed by atoms with Gasteiger partial charge >= 0.3 is 5.69 Å². The number of para-hydroxylation sites is 1. The van der Waals surface area contributed by atoms with E-state index in [1.54, 1.807) is 11.0 Å². The monoisotopic (exact) mass is 309 g/mol. The molecule has 0 bridgehead atoms. The van der Waals surface area contributed by atoms with Crippen molar-refractivity contribution in [3.8, 4) is 0 Å². The molecule has 1 saturated heterocycles. The minimum absolute atomic E-state index is 0.0235. The highest BCUT2D eigenvalue weighted by molar-refractivity contribution is 8.00. The predicted octanol–water partition coefficient (Wildman–Crippen LogP) is 2.53. The summed E-state index contributed by atoms with van der Waals surface area (Å²) in [5.74, 6) is 0.516. The number of nitrogen functional groups attached to an aromatic ring is 1. The van der Waals surface area contributed by atoms with Crippen molar-refractivity contribution in [2.24, 2.45) is 0 Å². The summed E-state index contributed by atoms with van der Waals surface area (Å²) in [6.07, 6.45) is 0.861. The Morgan fingerprint density at radius 3 is 2.81 bits per heavy atom. The van der Waals surface area contributed by atoms with Gasteiger partial charge in [-0.15, -0.1) is 0 Å². The maximum atomic E-state index is 12.6. The molecule has 0 atom stereocenters. The molecular formula is C14H19N3O3S. The summed E-state index contributed by atoms with van der Waals surface area (Å²) in [5, 5.41) is 11.2. The summed E-state index contributed by atoms with van der Waals surface area (Å²) in [6.45, 7) is 5.49. The molecule has 21 heavy (non-hydrogen) atoms. The first-order valence-corrected chi connectivity index (χ1v) is 7.76. The lowest BCUT2D eigenvalue weighted by Gasteiger charge is -2.22. The van der Waals surface area contributed by atoms with Crippen LogP contribution in [0.4, 0.5) is 11.4 Å². The number of benzene rings is 1. The first kappa shape index (κ1) is 15.6. The lowest BCUT2D eigenvalue weighted by molar-refractivity contribution is -0.384. The van der Waals surface area contributed by atoms with Crippen molar-refractivity contribution in [2.75, 3.05) is 24.6 Å². The molecule has 1 fully saturated rings. The van der Waals surface area contributed by atoms with E-state index in [0.29, 0.717) is 13.1 Å². The summed E-state index contributed by atoms with van der Waals surface area (Å²) in [7, 11) is 0. The Morgan fingerprint density at radius 2 is 2.14 bits per heavy atom. The van der Waals surface area contributed by atoms with Gasteiger partial charge in [0.2, 0.25) is 0 Å². The number of nitro benzene ring substituents is 1. The van der Waals surface area contributed by atoms with Crippen LogP contribution in [0.3, 0.4) is 0 Å². The van der Waals surface area contributed by atoms with Crippen LogP contribution in [0.2, 0.25) is 0 Å². The van der Waals surface area contributed by atoms with Crippen LogP contribution in [0.5, 0.6) is 0 Å². The molecule has 2 rings (SSSR count). The second-order valence-electron chi connectivity index (χ2n) is 5.65. The SMILES string of the molecule is CC1(C)CCN(C(=O)c2cccc(N)c2[N+](=O)[O-])CCS1. The number of amides is 1. The zero-order chi connectivity index (χ0) is 15.6. The molecule has 1 aliphatic rings. The number of nitrogens with two attached hydrogens (primary N) is 1. The maximum Gasteiger partial charge on any atom is 0.304 e. The van der Waals surface area contributed by atoms with E-state index in [0.717, 1.165) is 12.2 Å². The first-order valence-electron chi connectivity index (χ1n) is 6.78. The number of carbonyl (C=O) groups is 1. The molecule has 1 aliphatic heterocycles. The number of thioether (sulfide) groups is 1. The number of nitro groups is 1. The van der Waals surface area contributed by atoms with Gasteiger partial charge in [-0.2, -0.15) is 11.8 Å². The topological polar surface area (TPSA) is 89.5 Å². The van der Waals surface area contributed by atoms with Crippen molar-refractivity contribution in [3.63, 3.8) is 0 Å². The molecule has 7 heteroatoms. The van der Waals surface area contributed by atoms with E-state index in [2.05, 4.69) is 13.8 Å². The first-order chi connectivity index (χ1) is 9.82. The van der Waals surface area contributed by atoms with Gasteiger partial charge in [0.15, 0.2) is 0 Å². The maximum absolute atomic E-state index is 12.6. The van der Waals surface area contributed by atoms with Gasteiger partial charge in [0.1, 0.15) is 11.3 Å². The number of hydrogen-bond acceptors (Lipinski definition) is 5. The van der Waals surface area contributed by atoms with Crippen molar-refractivity contribution in [3.05, 3.63) is 33.9 Å². The fourth-order valence-corrected chi connectivity index (χ4v) is 3.43. The van der Waals surface area contributed by atoms with Gasteiger partial charge in [-0.05, 0) is 18.6 Å². The van der Waals surface area contributed by atoms with Crippen LogP contribution in [0, 0.1) is 10.1 Å². The zero-order valence-electron chi connectivity index (χ0n) is 12.2. The van der Waals surface area contributed by atoms with Crippen LogP contribution < -0.4 is 5.73 Å². The molecule has 114 valence electrons. The van der Waals surface area contributed by atoms with Crippen LogP contribution in [-0.2, 0) is 0 Å². The van der Waals surface area contributed by atoms with E-state index in [-0.39, 0.29) is 27.6 Å². The van der Waals surface area contributed by atoms with E-state index in [9.17, 15) is 14.9 Å². The van der Waals surface area contributed by atoms with Crippen LogP contribution in [0.15, 0.2) is 18.2 Å². The summed E-state index contributed by atoms with van der Waals surface area (Å²) >= 11 is 1.82. The van der Waals surface area contributed by atoms with Crippen LogP contribution in [0.25, 0.3) is 0 Å². The lowest BCUT2D eigenvalue weighted by atomic mass is 10.1. The highest BCUT2D eigenvalue weighted by Crippen LogP contribution is 2.32. The van der Waals surface area contributed by atoms with Crippen LogP contribution in [-0.4, -0.2) is 39.3 Å². The third-order valence-electron chi connectivity index (χ3n) is 3.61. The molecule has 0 spiro atoms. The van der Waals surface area contributed by atoms with Crippen molar-refractivity contribution in [1.29, 1.82) is 0 Å². The average molecular weight is 309 g/mol. The fourth-order valence-electron chi connectivity index (χ4n) is 2.33. The minimum atomic E-state index is -0.584. The molecule has 2 N–H and O–H groups in total. The van der Waals surface area contributed by atoms with Gasteiger partial charge in [-0.3, -0.25) is 14.9 Å². The molecule has 1 amide bonds. The fraction of sp³-hybridized carbons (Fsp3) is 0.500. The molecule has 6 nitrogen and oxygen atoms in total. The standard InChI is InChI=1S/C14H19N3O3S/c1-14(2)6-7-16(8-9-21-14)13(18)10-4-3-5-11(15)12(10)17(19)20/h3-5H,6-9,15H2,1-2H3. The molecule has 1 heterocycles. The Morgan fingerprint density at radius 1 is 1.43 bits per heavy atom. The second-order valence-corrected chi connectivity index (χ2v) is 7.45. The third kappa shape index (κ3) is 3.47. The Balaban J connectivity index is 2.28. The quantitative estimate of drug-likeness (QED) is 0.515. The van der Waals surface area contributed by atoms with Crippen molar-refractivity contribution in [2.45, 2.75) is 25.0 Å². The Bertz CT molecular complexity index is 575. The van der Waals surface area contributed by atoms with Gasteiger partial charge in [-0.1, -0.05) is 19.9 Å². The molecule has 1 aromatic carbocycles. The van der Waals surface area contributed by atoms with Gasteiger partial charge in [-0.25, -0.2) is 0 Å². The normalized spacial score (nSPS) is 18.1. The van der Waals surface area contributed by atoms with E-state index < -0.39 is 4.92 Å². The van der Waals surface area contributed by atoms with Gasteiger partial charge in [0, 0.05) is 23.6 Å². The van der Waals surface area contributed by atoms with Crippen LogP contribution in [0.1, 0.15) is 30.6 Å². The number of carbonyl (C=O) groups excluding carboxylic acids is 1. The summed E-state index contributed by atoms with van der Waals surface area (Å²) < 4.78 is 0.122. The minimum Gasteiger partial charge on any atom is -0.393 e. The number of anilines is 1. The second kappa shape index (κ2) is 5.93. The smallest absolute Gasteiger partial charge is 0.304 e. The molecule has 0 saturated carbocycles. The zero-order valence-corrected chi connectivity index (χ0v) is 13.0. The number of hydrogen-bond donors (Lipinski definition) is 1. The number of nitrogens with zero attached hydrogens (tertiary/aromatic N) is 2. The van der Waals surface area contributed by atoms with Crippen molar-refractivity contribution >= 4 is 29.0 Å². The van der Waals surface area contributed by atoms with Crippen molar-refractivity contribution in [1.82, 2.24) is 4.90 Å². The third-order valence-corrected chi connectivity index (χ3v) is 4.98. The highest BCUT2D eigenvalue weighted by Gasteiger charge is 2.30. The average Bonchev–Trinajstić information content (AvgIpc) is 2.58. The largest absolute Gasteiger partial charge is 0.393 e. The van der Waals surface area contributed by atoms with E-state index in [1.807, 2.05) is 11.8 Å². The number of rotatable bonds is 2. The Kier molecular flexibility index (Phi) is 4.41. The molecule has 0 unspecified atom stereocenters. The van der Waals surface area contributed by atoms with Crippen LogP contribution >= 0.6 is 11.8 Å². The van der Waals surface area contributed by atoms with E-state index in [1.165, 1.54) is 12.1 Å². The van der Waals surface area contributed by atoms with Gasteiger partial charge in [0.25, 0.3) is 5.91 Å². The van der Waals surface area contributed by atoms with E-state index >= 15 is 0 Å². The van der Waals surface area contributed by atoms with Gasteiger partial charge < -0.3 is 10.6 Å². The predicted molar refractivity (Wildman–Crippen MR) is 84.6 cm³/mol. The Hall–Kier alpha value is -1.76. The summed E-state index contributed by atoms with van der Waals surface area (Å²) in [4.78, 5) is 24.8. The molecule has 1 aromatic rings. The molecule has 0 aliphatic carbocycles. The lowest BCUT2D eigenvalue weighted by Crippen LogP contribution is -2.34. The molecule has 0 aromatic heterocycles. The van der Waals surface area contributed by atoms with E-state index in [4.69, 9.17) is 5.73 Å². The molecule has 0 radical (unpaired) electrons. The van der Waals surface area contributed by atoms with Crippen molar-refractivity contribution < 1.29 is 9.72 Å².